The van der Waals surface area contributed by atoms with E-state index in [1.54, 1.807) is 18.2 Å². The van der Waals surface area contributed by atoms with Crippen LogP contribution in [0, 0.1) is 0 Å². The molecule has 0 saturated carbocycles. The van der Waals surface area contributed by atoms with Crippen LogP contribution in [0.5, 0.6) is 23.0 Å². The molecule has 0 bridgehead atoms. The molecule has 5 nitrogen and oxygen atoms in total. The van der Waals surface area contributed by atoms with Crippen molar-refractivity contribution in [1.29, 1.82) is 0 Å². The van der Waals surface area contributed by atoms with E-state index in [1.807, 2.05) is 54.6 Å². The van der Waals surface area contributed by atoms with Crippen LogP contribution in [-0.4, -0.2) is 25.8 Å². The van der Waals surface area contributed by atoms with E-state index < -0.39 is 12.6 Å². The summed E-state index contributed by atoms with van der Waals surface area (Å²) < 4.78 is 31.1. The maximum absolute atomic E-state index is 13.5. The Balaban J connectivity index is 1.69. The molecule has 0 aliphatic carbocycles. The molecule has 0 fully saturated rings. The smallest absolute Gasteiger partial charge is 0.258 e. The zero-order valence-corrected chi connectivity index (χ0v) is 16.4. The van der Waals surface area contributed by atoms with E-state index in [0.717, 1.165) is 12.0 Å². The molecule has 0 aromatic heterocycles. The molecular weight excluding hydrogens is 384 g/mol. The third-order valence-electron chi connectivity index (χ3n) is 4.72. The van der Waals surface area contributed by atoms with Crippen LogP contribution in [0.3, 0.4) is 0 Å². The number of rotatable bonds is 6. The molecule has 6 heteroatoms. The van der Waals surface area contributed by atoms with Gasteiger partial charge in [0.15, 0.2) is 23.9 Å². The molecule has 30 heavy (non-hydrogen) atoms. The minimum Gasteiger partial charge on any atom is -0.490 e. The van der Waals surface area contributed by atoms with Gasteiger partial charge in [0.2, 0.25) is 0 Å². The second-order valence-corrected chi connectivity index (χ2v) is 6.79. The Morgan fingerprint density at radius 3 is 2.53 bits per heavy atom. The Morgan fingerprint density at radius 2 is 1.70 bits per heavy atom. The maximum atomic E-state index is 13.5. The number of halogens is 1. The van der Waals surface area contributed by atoms with Crippen molar-refractivity contribution in [3.05, 3.63) is 78.4 Å². The lowest BCUT2D eigenvalue weighted by atomic mass is 10.1. The fourth-order valence-corrected chi connectivity index (χ4v) is 3.31. The monoisotopic (exact) mass is 406 g/mol. The molecule has 0 saturated heterocycles. The van der Waals surface area contributed by atoms with Crippen molar-refractivity contribution in [2.75, 3.05) is 24.8 Å². The highest BCUT2D eigenvalue weighted by Crippen LogP contribution is 2.37. The molecule has 0 N–H and O–H groups in total. The number of hydrogen-bond donors (Lipinski definition) is 0. The molecule has 0 spiro atoms. The average molecular weight is 406 g/mol. The Bertz CT molecular complexity index is 1010. The fourth-order valence-electron chi connectivity index (χ4n) is 3.31. The van der Waals surface area contributed by atoms with Crippen LogP contribution < -0.4 is 19.1 Å². The highest BCUT2D eigenvalue weighted by atomic mass is 18.2. The van der Waals surface area contributed by atoms with Gasteiger partial charge in [-0.3, -0.25) is 4.79 Å². The molecule has 3 aromatic carbocycles. The number of alkyl halides is 1. The van der Waals surface area contributed by atoms with Gasteiger partial charge in [0.05, 0.1) is 25.4 Å². The van der Waals surface area contributed by atoms with Gasteiger partial charge < -0.3 is 19.1 Å². The summed E-state index contributed by atoms with van der Waals surface area (Å²) in [7, 11) is 0. The summed E-state index contributed by atoms with van der Waals surface area (Å²) >= 11 is 0. The van der Waals surface area contributed by atoms with Crippen LogP contribution in [0.15, 0.2) is 72.8 Å². The number of benzene rings is 3. The van der Waals surface area contributed by atoms with E-state index in [1.165, 1.54) is 4.90 Å². The van der Waals surface area contributed by atoms with Gasteiger partial charge >= 0.3 is 0 Å². The lowest BCUT2D eigenvalue weighted by molar-refractivity contribution is -0.119. The molecule has 1 heterocycles. The van der Waals surface area contributed by atoms with Gasteiger partial charge in [-0.1, -0.05) is 42.5 Å². The number of nitrogens with zero attached hydrogens (tertiary/aromatic N) is 1. The first-order valence-electron chi connectivity index (χ1n) is 9.82. The van der Waals surface area contributed by atoms with Crippen molar-refractivity contribution in [2.24, 2.45) is 0 Å². The molecule has 1 aliphatic heterocycles. The third-order valence-corrected chi connectivity index (χ3v) is 4.72. The van der Waals surface area contributed by atoms with Crippen LogP contribution in [0.2, 0.25) is 0 Å². The van der Waals surface area contributed by atoms with Gasteiger partial charge in [-0.05, 0) is 30.3 Å². The summed E-state index contributed by atoms with van der Waals surface area (Å²) in [6.07, 6.45) is 0.773. The number of carbonyl (C=O) groups is 1. The number of amides is 1. The van der Waals surface area contributed by atoms with Gasteiger partial charge in [0.25, 0.3) is 5.91 Å². The zero-order chi connectivity index (χ0) is 20.8. The number of ether oxygens (including phenoxy) is 3. The van der Waals surface area contributed by atoms with E-state index in [2.05, 4.69) is 0 Å². The predicted octanol–water partition coefficient (Wildman–Crippen LogP) is 5.14. The zero-order valence-electron chi connectivity index (χ0n) is 16.4. The number of para-hydroxylation sites is 4. The highest BCUT2D eigenvalue weighted by molar-refractivity contribution is 5.95. The van der Waals surface area contributed by atoms with E-state index in [4.69, 9.17) is 14.2 Å². The van der Waals surface area contributed by atoms with E-state index in [-0.39, 0.29) is 6.54 Å². The summed E-state index contributed by atoms with van der Waals surface area (Å²) in [6, 6.07) is 21.9. The van der Waals surface area contributed by atoms with Crippen LogP contribution in [-0.2, 0) is 11.3 Å². The fraction of sp³-hybridized carbons (Fsp3) is 0.208. The Labute approximate surface area is 174 Å². The van der Waals surface area contributed by atoms with E-state index in [0.29, 0.717) is 41.9 Å². The van der Waals surface area contributed by atoms with Crippen molar-refractivity contribution in [2.45, 2.75) is 13.0 Å². The number of carbonyl (C=O) groups excluding carboxylic acids is 1. The third kappa shape index (κ3) is 4.38. The summed E-state index contributed by atoms with van der Waals surface area (Å²) in [5, 5.41) is 0. The van der Waals surface area contributed by atoms with Crippen molar-refractivity contribution in [3.8, 4) is 23.0 Å². The van der Waals surface area contributed by atoms with Gasteiger partial charge in [-0.15, -0.1) is 0 Å². The van der Waals surface area contributed by atoms with Gasteiger partial charge in [0.1, 0.15) is 5.75 Å². The standard InChI is InChI=1S/C24H22FNO4/c25-16-23(27)26(17-18-8-6-13-22-24(18)29-15-7-14-28-22)20-11-4-5-12-21(20)30-19-9-2-1-3-10-19/h1-6,8-13H,7,14-17H2/i25-1. The Morgan fingerprint density at radius 1 is 0.933 bits per heavy atom. The molecule has 3 aromatic rings. The lowest BCUT2D eigenvalue weighted by Gasteiger charge is -2.25. The lowest BCUT2D eigenvalue weighted by Crippen LogP contribution is -2.32. The van der Waals surface area contributed by atoms with Crippen molar-refractivity contribution in [3.63, 3.8) is 0 Å². The number of hydrogen-bond acceptors (Lipinski definition) is 4. The Kier molecular flexibility index (Phi) is 6.13. The first-order chi connectivity index (χ1) is 14.8. The van der Waals surface area contributed by atoms with Crippen LogP contribution >= 0.6 is 0 Å². The molecule has 1 amide bonds. The van der Waals surface area contributed by atoms with Gasteiger partial charge in [-0.25, -0.2) is 4.39 Å². The molecule has 4 rings (SSSR count). The minimum absolute atomic E-state index is 0.129. The largest absolute Gasteiger partial charge is 0.490 e. The second kappa shape index (κ2) is 9.31. The first-order valence-corrected chi connectivity index (χ1v) is 9.82. The highest BCUT2D eigenvalue weighted by Gasteiger charge is 2.23. The molecule has 0 unspecified atom stereocenters. The molecule has 0 atom stereocenters. The van der Waals surface area contributed by atoms with Crippen LogP contribution in [0.25, 0.3) is 0 Å². The first kappa shape index (κ1) is 19.8. The number of fused-ring (bicyclic) bond motifs is 1. The summed E-state index contributed by atoms with van der Waals surface area (Å²) in [5.74, 6) is 1.65. The normalized spacial score (nSPS) is 12.7. The molecule has 1 aliphatic rings. The summed E-state index contributed by atoms with van der Waals surface area (Å²) in [5.41, 5.74) is 1.22. The molecule has 0 radical (unpaired) electrons. The molecular formula is C24H22FNO4. The quantitative estimate of drug-likeness (QED) is 0.569. The topological polar surface area (TPSA) is 48.0 Å². The predicted molar refractivity (Wildman–Crippen MR) is 112 cm³/mol. The van der Waals surface area contributed by atoms with Gasteiger partial charge in [0, 0.05) is 12.0 Å². The van der Waals surface area contributed by atoms with Crippen molar-refractivity contribution in [1.82, 2.24) is 0 Å². The van der Waals surface area contributed by atoms with Crippen molar-refractivity contribution >= 4 is 11.6 Å². The summed E-state index contributed by atoms with van der Waals surface area (Å²) in [6.45, 7) is 0.0998. The Hall–Kier alpha value is -3.54. The SMILES string of the molecule is O=C(C[18F])N(Cc1cccc2c1OCCCO2)c1ccccc1Oc1ccccc1. The summed E-state index contributed by atoms with van der Waals surface area (Å²) in [4.78, 5) is 14.0. The maximum Gasteiger partial charge on any atom is 0.258 e. The average Bonchev–Trinajstić information content (AvgIpc) is 3.04. The second-order valence-electron chi connectivity index (χ2n) is 6.79. The van der Waals surface area contributed by atoms with Crippen LogP contribution in [0.4, 0.5) is 10.1 Å². The van der Waals surface area contributed by atoms with Gasteiger partial charge in [-0.2, -0.15) is 0 Å². The van der Waals surface area contributed by atoms with E-state index >= 15 is 0 Å². The van der Waals surface area contributed by atoms with Crippen LogP contribution in [0.1, 0.15) is 12.0 Å². The number of anilines is 1. The van der Waals surface area contributed by atoms with E-state index in [9.17, 15) is 9.18 Å². The van der Waals surface area contributed by atoms with Crippen molar-refractivity contribution < 1.29 is 23.4 Å². The minimum atomic E-state index is -1.12. The molecule has 154 valence electrons.